The summed E-state index contributed by atoms with van der Waals surface area (Å²) in [5.41, 5.74) is 6.69. The van der Waals surface area contributed by atoms with Crippen molar-refractivity contribution in [2.24, 2.45) is 5.73 Å². The molecule has 1 unspecified atom stereocenters. The van der Waals surface area contributed by atoms with Crippen LogP contribution in [0.3, 0.4) is 0 Å². The molecule has 1 aliphatic rings. The van der Waals surface area contributed by atoms with E-state index in [0.717, 1.165) is 5.56 Å². The van der Waals surface area contributed by atoms with Gasteiger partial charge in [-0.1, -0.05) is 17.7 Å². The van der Waals surface area contributed by atoms with E-state index < -0.39 is 5.82 Å². The summed E-state index contributed by atoms with van der Waals surface area (Å²) in [5.74, 6) is -0.0645. The highest BCUT2D eigenvalue weighted by Crippen LogP contribution is 2.27. The lowest BCUT2D eigenvalue weighted by molar-refractivity contribution is -0.0228. The van der Waals surface area contributed by atoms with Gasteiger partial charge in [-0.3, -0.25) is 4.79 Å². The van der Waals surface area contributed by atoms with Gasteiger partial charge in [0.15, 0.2) is 0 Å². The second-order valence-corrected chi connectivity index (χ2v) is 5.70. The van der Waals surface area contributed by atoms with E-state index >= 15 is 0 Å². The topological polar surface area (TPSA) is 68.7 Å². The summed E-state index contributed by atoms with van der Waals surface area (Å²) in [5, 5.41) is 0.0389. The van der Waals surface area contributed by atoms with E-state index in [1.54, 1.807) is 17.0 Å². The molecule has 1 atom stereocenters. The molecule has 2 N–H and O–H groups in total. The van der Waals surface area contributed by atoms with E-state index in [-0.39, 0.29) is 23.6 Å². The monoisotopic (exact) mass is 338 g/mol. The number of furan rings is 1. The molecule has 0 saturated carbocycles. The van der Waals surface area contributed by atoms with Gasteiger partial charge in [-0.05, 0) is 23.8 Å². The molecule has 1 aromatic carbocycles. The van der Waals surface area contributed by atoms with Crippen molar-refractivity contribution in [3.05, 3.63) is 58.3 Å². The van der Waals surface area contributed by atoms with Gasteiger partial charge in [0, 0.05) is 6.54 Å². The number of nitrogens with two attached hydrogens (primary N) is 1. The fourth-order valence-electron chi connectivity index (χ4n) is 2.53. The Labute approximate surface area is 137 Å². The first-order chi connectivity index (χ1) is 11.1. The fraction of sp³-hybridized carbons (Fsp3) is 0.312. The minimum atomic E-state index is -0.480. The maximum absolute atomic E-state index is 13.3. The third-order valence-corrected chi connectivity index (χ3v) is 4.06. The predicted molar refractivity (Wildman–Crippen MR) is 82.6 cm³/mol. The van der Waals surface area contributed by atoms with Crippen molar-refractivity contribution in [2.45, 2.75) is 12.6 Å². The van der Waals surface area contributed by atoms with E-state index in [0.29, 0.717) is 31.0 Å². The predicted octanol–water partition coefficient (Wildman–Crippen LogP) is 2.74. The van der Waals surface area contributed by atoms with Crippen LogP contribution >= 0.6 is 11.6 Å². The van der Waals surface area contributed by atoms with E-state index in [1.807, 2.05) is 0 Å². The number of ether oxygens (including phenoxy) is 1. The number of nitrogens with zero attached hydrogens (tertiary/aromatic N) is 1. The SMILES string of the molecule is NCc1cc(C(=O)N2CCOC(c3ccc(F)c(Cl)c3)C2)co1. The number of benzene rings is 1. The summed E-state index contributed by atoms with van der Waals surface area (Å²) in [6.45, 7) is 1.48. The van der Waals surface area contributed by atoms with Gasteiger partial charge in [0.1, 0.15) is 23.9 Å². The molecule has 122 valence electrons. The molecule has 2 aromatic rings. The van der Waals surface area contributed by atoms with Gasteiger partial charge >= 0.3 is 0 Å². The average molecular weight is 339 g/mol. The first-order valence-corrected chi connectivity index (χ1v) is 7.59. The third-order valence-electron chi connectivity index (χ3n) is 3.77. The molecule has 1 aromatic heterocycles. The number of hydrogen-bond donors (Lipinski definition) is 1. The zero-order chi connectivity index (χ0) is 16.4. The van der Waals surface area contributed by atoms with Crippen molar-refractivity contribution in [2.75, 3.05) is 19.7 Å². The first kappa shape index (κ1) is 16.0. The van der Waals surface area contributed by atoms with Crippen LogP contribution in [0.2, 0.25) is 5.02 Å². The first-order valence-electron chi connectivity index (χ1n) is 7.22. The van der Waals surface area contributed by atoms with Gasteiger partial charge in [-0.2, -0.15) is 0 Å². The summed E-state index contributed by atoms with van der Waals surface area (Å²) in [4.78, 5) is 14.2. The van der Waals surface area contributed by atoms with Gasteiger partial charge in [0.2, 0.25) is 0 Å². The molecule has 0 bridgehead atoms. The van der Waals surface area contributed by atoms with E-state index in [4.69, 9.17) is 26.5 Å². The summed E-state index contributed by atoms with van der Waals surface area (Å²) in [6.07, 6.45) is 1.07. The van der Waals surface area contributed by atoms with Crippen molar-refractivity contribution in [3.8, 4) is 0 Å². The summed E-state index contributed by atoms with van der Waals surface area (Å²) >= 11 is 5.81. The highest BCUT2D eigenvalue weighted by molar-refractivity contribution is 6.30. The van der Waals surface area contributed by atoms with Crippen LogP contribution in [-0.4, -0.2) is 30.5 Å². The molecule has 1 saturated heterocycles. The Morgan fingerprint density at radius 3 is 2.96 bits per heavy atom. The Morgan fingerprint density at radius 2 is 2.26 bits per heavy atom. The Balaban J connectivity index is 1.74. The Bertz CT molecular complexity index is 719. The third kappa shape index (κ3) is 3.39. The van der Waals surface area contributed by atoms with Crippen molar-refractivity contribution in [1.82, 2.24) is 4.90 Å². The molecule has 7 heteroatoms. The largest absolute Gasteiger partial charge is 0.467 e. The minimum absolute atomic E-state index is 0.0389. The van der Waals surface area contributed by atoms with Gasteiger partial charge in [-0.15, -0.1) is 0 Å². The average Bonchev–Trinajstić information content (AvgIpc) is 3.06. The quantitative estimate of drug-likeness (QED) is 0.934. The Hall–Kier alpha value is -1.89. The highest BCUT2D eigenvalue weighted by Gasteiger charge is 2.27. The van der Waals surface area contributed by atoms with Crippen LogP contribution in [0.4, 0.5) is 4.39 Å². The highest BCUT2D eigenvalue weighted by atomic mass is 35.5. The molecule has 23 heavy (non-hydrogen) atoms. The second kappa shape index (κ2) is 6.70. The van der Waals surface area contributed by atoms with E-state index in [1.165, 1.54) is 18.4 Å². The maximum Gasteiger partial charge on any atom is 0.257 e. The second-order valence-electron chi connectivity index (χ2n) is 5.29. The normalized spacial score (nSPS) is 18.2. The van der Waals surface area contributed by atoms with Crippen LogP contribution in [0, 0.1) is 5.82 Å². The van der Waals surface area contributed by atoms with Gasteiger partial charge < -0.3 is 19.8 Å². The van der Waals surface area contributed by atoms with Crippen LogP contribution in [0.5, 0.6) is 0 Å². The van der Waals surface area contributed by atoms with Crippen molar-refractivity contribution in [3.63, 3.8) is 0 Å². The smallest absolute Gasteiger partial charge is 0.257 e. The lowest BCUT2D eigenvalue weighted by Gasteiger charge is -2.33. The molecule has 3 rings (SSSR count). The number of morpholine rings is 1. The maximum atomic E-state index is 13.3. The summed E-state index contributed by atoms with van der Waals surface area (Å²) in [7, 11) is 0. The molecule has 1 amide bonds. The molecule has 0 spiro atoms. The zero-order valence-corrected chi connectivity index (χ0v) is 13.1. The van der Waals surface area contributed by atoms with Gasteiger partial charge in [-0.25, -0.2) is 4.39 Å². The Morgan fingerprint density at radius 1 is 1.43 bits per heavy atom. The van der Waals surface area contributed by atoms with Crippen molar-refractivity contribution >= 4 is 17.5 Å². The number of carbonyl (C=O) groups is 1. The fourth-order valence-corrected chi connectivity index (χ4v) is 2.72. The van der Waals surface area contributed by atoms with Gasteiger partial charge in [0.25, 0.3) is 5.91 Å². The van der Waals surface area contributed by atoms with Crippen LogP contribution < -0.4 is 5.73 Å². The molecule has 1 aliphatic heterocycles. The molecule has 0 radical (unpaired) electrons. The van der Waals surface area contributed by atoms with Crippen LogP contribution in [0.15, 0.2) is 34.9 Å². The molecular weight excluding hydrogens is 323 g/mol. The number of rotatable bonds is 3. The summed E-state index contributed by atoms with van der Waals surface area (Å²) in [6, 6.07) is 6.08. The minimum Gasteiger partial charge on any atom is -0.467 e. The number of hydrogen-bond acceptors (Lipinski definition) is 4. The number of halogens is 2. The zero-order valence-electron chi connectivity index (χ0n) is 12.3. The number of carbonyl (C=O) groups excluding carboxylic acids is 1. The molecule has 1 fully saturated rings. The van der Waals surface area contributed by atoms with Crippen LogP contribution in [-0.2, 0) is 11.3 Å². The van der Waals surface area contributed by atoms with Gasteiger partial charge in [0.05, 0.1) is 30.3 Å². The lowest BCUT2D eigenvalue weighted by atomic mass is 10.1. The van der Waals surface area contributed by atoms with Crippen molar-refractivity contribution in [1.29, 1.82) is 0 Å². The molecule has 0 aliphatic carbocycles. The summed E-state index contributed by atoms with van der Waals surface area (Å²) < 4.78 is 24.2. The van der Waals surface area contributed by atoms with Crippen LogP contribution in [0.1, 0.15) is 27.8 Å². The standard InChI is InChI=1S/C16H16ClFN2O3/c17-13-6-10(1-2-14(13)18)15-8-20(3-4-22-15)16(21)11-5-12(7-19)23-9-11/h1-2,5-6,9,15H,3-4,7-8,19H2. The molecule has 5 nitrogen and oxygen atoms in total. The number of amides is 1. The van der Waals surface area contributed by atoms with E-state index in [2.05, 4.69) is 0 Å². The van der Waals surface area contributed by atoms with Crippen molar-refractivity contribution < 1.29 is 18.3 Å². The van der Waals surface area contributed by atoms with E-state index in [9.17, 15) is 9.18 Å². The molecule has 2 heterocycles. The lowest BCUT2D eigenvalue weighted by Crippen LogP contribution is -2.42. The van der Waals surface area contributed by atoms with Crippen LogP contribution in [0.25, 0.3) is 0 Å². The Kier molecular flexibility index (Phi) is 4.66. The molecular formula is C16H16ClFN2O3.